The smallest absolute Gasteiger partial charge is 0.410 e. The Balaban J connectivity index is 1.80. The third-order valence-electron chi connectivity index (χ3n) is 3.50. The number of rotatable bonds is 5. The molecule has 1 aromatic rings. The summed E-state index contributed by atoms with van der Waals surface area (Å²) in [6.07, 6.45) is 3.03. The maximum Gasteiger partial charge on any atom is 0.410 e. The highest BCUT2D eigenvalue weighted by molar-refractivity contribution is 5.95. The second-order valence-electron chi connectivity index (χ2n) is 6.62. The summed E-state index contributed by atoms with van der Waals surface area (Å²) >= 11 is 0. The van der Waals surface area contributed by atoms with Crippen LogP contribution in [0.25, 0.3) is 0 Å². The van der Waals surface area contributed by atoms with E-state index in [0.29, 0.717) is 18.8 Å². The van der Waals surface area contributed by atoms with Gasteiger partial charge in [-0.15, -0.1) is 0 Å². The Morgan fingerprint density at radius 1 is 1.35 bits per heavy atom. The molecule has 0 saturated carbocycles. The Bertz CT molecular complexity index is 539. The molecule has 0 aliphatic carbocycles. The number of carbonyl (C=O) groups excluding carboxylic acids is 2. The predicted molar refractivity (Wildman–Crippen MR) is 85.3 cm³/mol. The lowest BCUT2D eigenvalue weighted by Gasteiger charge is -2.28. The fraction of sp³-hybridized carbons (Fsp3) is 0.588. The molecule has 2 heterocycles. The molecule has 0 aromatic carbocycles. The lowest BCUT2D eigenvalue weighted by molar-refractivity contribution is 0.0115. The molecule has 1 aliphatic rings. The highest BCUT2D eigenvalue weighted by Crippen LogP contribution is 2.21. The van der Waals surface area contributed by atoms with Gasteiger partial charge in [0.25, 0.3) is 0 Å². The molecule has 0 radical (unpaired) electrons. The number of hydrogen-bond acceptors (Lipinski definition) is 5. The number of likely N-dealkylation sites (tertiary alicyclic amines) is 1. The van der Waals surface area contributed by atoms with Crippen molar-refractivity contribution in [2.45, 2.75) is 45.3 Å². The Hall–Kier alpha value is -1.95. The van der Waals surface area contributed by atoms with Crippen LogP contribution in [0.3, 0.4) is 0 Å². The average Bonchev–Trinajstić information content (AvgIpc) is 2.95. The van der Waals surface area contributed by atoms with Crippen LogP contribution in [0, 0.1) is 0 Å². The topological polar surface area (TPSA) is 68.7 Å². The number of ketones is 1. The van der Waals surface area contributed by atoms with Gasteiger partial charge in [-0.2, -0.15) is 0 Å². The lowest BCUT2D eigenvalue weighted by Crippen LogP contribution is -2.41. The van der Waals surface area contributed by atoms with E-state index >= 15 is 0 Å². The van der Waals surface area contributed by atoms with Crippen molar-refractivity contribution in [1.82, 2.24) is 9.88 Å². The normalized spacial score (nSPS) is 18.0. The van der Waals surface area contributed by atoms with E-state index < -0.39 is 5.60 Å². The minimum absolute atomic E-state index is 0.0321. The van der Waals surface area contributed by atoms with Crippen molar-refractivity contribution in [2.24, 2.45) is 0 Å². The Morgan fingerprint density at radius 2 is 2.13 bits per heavy atom. The molecular formula is C17H24N2O4. The first-order valence-electron chi connectivity index (χ1n) is 7.88. The van der Waals surface area contributed by atoms with Crippen LogP contribution >= 0.6 is 0 Å². The van der Waals surface area contributed by atoms with Gasteiger partial charge < -0.3 is 14.4 Å². The van der Waals surface area contributed by atoms with Crippen LogP contribution in [0.15, 0.2) is 24.4 Å². The third-order valence-corrected chi connectivity index (χ3v) is 3.50. The van der Waals surface area contributed by atoms with E-state index in [4.69, 9.17) is 9.47 Å². The largest absolute Gasteiger partial charge is 0.444 e. The molecule has 1 atom stereocenters. The van der Waals surface area contributed by atoms with Gasteiger partial charge in [0.2, 0.25) is 5.78 Å². The first-order chi connectivity index (χ1) is 10.9. The van der Waals surface area contributed by atoms with E-state index in [-0.39, 0.29) is 24.5 Å². The molecule has 6 heteroatoms. The molecule has 6 nitrogen and oxygen atoms in total. The van der Waals surface area contributed by atoms with Gasteiger partial charge in [0, 0.05) is 12.7 Å². The van der Waals surface area contributed by atoms with Crippen molar-refractivity contribution in [3.8, 4) is 0 Å². The van der Waals surface area contributed by atoms with Gasteiger partial charge in [0.1, 0.15) is 17.9 Å². The summed E-state index contributed by atoms with van der Waals surface area (Å²) in [4.78, 5) is 29.8. The average molecular weight is 320 g/mol. The van der Waals surface area contributed by atoms with Crippen LogP contribution in [0.1, 0.15) is 44.1 Å². The quantitative estimate of drug-likeness (QED) is 0.780. The van der Waals surface area contributed by atoms with E-state index in [1.807, 2.05) is 20.8 Å². The molecule has 2 rings (SSSR count). The molecule has 0 bridgehead atoms. The molecule has 1 aliphatic heterocycles. The molecule has 0 N–H and O–H groups in total. The molecule has 23 heavy (non-hydrogen) atoms. The maximum absolute atomic E-state index is 12.2. The number of Topliss-reactive ketones (excluding diaryl/α,β-unsaturated/α-hetero) is 1. The maximum atomic E-state index is 12.2. The summed E-state index contributed by atoms with van der Waals surface area (Å²) in [5.74, 6) is -0.160. The van der Waals surface area contributed by atoms with E-state index in [9.17, 15) is 9.59 Å². The minimum atomic E-state index is -0.514. The van der Waals surface area contributed by atoms with E-state index in [1.165, 1.54) is 0 Å². The number of ether oxygens (including phenoxy) is 2. The number of pyridine rings is 1. The number of carbonyl (C=O) groups is 2. The summed E-state index contributed by atoms with van der Waals surface area (Å²) in [7, 11) is 0. The van der Waals surface area contributed by atoms with Crippen LogP contribution in [-0.2, 0) is 9.47 Å². The molecule has 0 spiro atoms. The zero-order chi connectivity index (χ0) is 16.9. The second-order valence-corrected chi connectivity index (χ2v) is 6.62. The lowest BCUT2D eigenvalue weighted by atomic mass is 10.2. The third kappa shape index (κ3) is 5.32. The summed E-state index contributed by atoms with van der Waals surface area (Å²) in [5, 5.41) is 0. The van der Waals surface area contributed by atoms with Crippen molar-refractivity contribution in [2.75, 3.05) is 19.8 Å². The Morgan fingerprint density at radius 3 is 2.78 bits per heavy atom. The van der Waals surface area contributed by atoms with Crippen LogP contribution in [0.4, 0.5) is 4.79 Å². The molecule has 1 fully saturated rings. The van der Waals surface area contributed by atoms with Crippen molar-refractivity contribution in [3.05, 3.63) is 30.1 Å². The van der Waals surface area contributed by atoms with Crippen LogP contribution < -0.4 is 0 Å². The first kappa shape index (κ1) is 17.4. The summed E-state index contributed by atoms with van der Waals surface area (Å²) in [6.45, 7) is 6.50. The van der Waals surface area contributed by atoms with Gasteiger partial charge in [0.05, 0.1) is 12.6 Å². The highest BCUT2D eigenvalue weighted by Gasteiger charge is 2.32. The highest BCUT2D eigenvalue weighted by atomic mass is 16.6. The second kappa shape index (κ2) is 7.55. The van der Waals surface area contributed by atoms with Crippen LogP contribution in [0.5, 0.6) is 0 Å². The van der Waals surface area contributed by atoms with Gasteiger partial charge in [-0.3, -0.25) is 9.78 Å². The zero-order valence-corrected chi connectivity index (χ0v) is 13.9. The SMILES string of the molecule is CC(C)(C)OC(=O)N1CCC[C@@H]1COCC(=O)c1ccccn1. The number of amides is 1. The summed E-state index contributed by atoms with van der Waals surface area (Å²) < 4.78 is 10.9. The number of hydrogen-bond donors (Lipinski definition) is 0. The van der Waals surface area contributed by atoms with Crippen molar-refractivity contribution in [1.29, 1.82) is 0 Å². The molecule has 0 unspecified atom stereocenters. The number of aromatic nitrogens is 1. The Kier molecular flexibility index (Phi) is 5.71. The first-order valence-corrected chi connectivity index (χ1v) is 7.88. The van der Waals surface area contributed by atoms with Crippen molar-refractivity contribution < 1.29 is 19.1 Å². The van der Waals surface area contributed by atoms with Crippen LogP contribution in [0.2, 0.25) is 0 Å². The fourth-order valence-electron chi connectivity index (χ4n) is 2.46. The summed E-state index contributed by atoms with van der Waals surface area (Å²) in [5.41, 5.74) is -0.122. The van der Waals surface area contributed by atoms with Crippen LogP contribution in [-0.4, -0.2) is 53.2 Å². The minimum Gasteiger partial charge on any atom is -0.444 e. The van der Waals surface area contributed by atoms with E-state index in [0.717, 1.165) is 12.8 Å². The molecule has 1 amide bonds. The van der Waals surface area contributed by atoms with Gasteiger partial charge >= 0.3 is 6.09 Å². The predicted octanol–water partition coefficient (Wildman–Crippen LogP) is 2.68. The molecular weight excluding hydrogens is 296 g/mol. The van der Waals surface area contributed by atoms with E-state index in [1.54, 1.807) is 29.3 Å². The van der Waals surface area contributed by atoms with Crippen molar-refractivity contribution in [3.63, 3.8) is 0 Å². The van der Waals surface area contributed by atoms with Gasteiger partial charge in [-0.05, 0) is 45.7 Å². The van der Waals surface area contributed by atoms with E-state index in [2.05, 4.69) is 4.98 Å². The monoisotopic (exact) mass is 320 g/mol. The summed E-state index contributed by atoms with van der Waals surface area (Å²) in [6, 6.07) is 5.14. The molecule has 1 saturated heterocycles. The molecule has 126 valence electrons. The fourth-order valence-corrected chi connectivity index (χ4v) is 2.46. The van der Waals surface area contributed by atoms with Gasteiger partial charge in [-0.1, -0.05) is 6.07 Å². The van der Waals surface area contributed by atoms with Crippen molar-refractivity contribution >= 4 is 11.9 Å². The van der Waals surface area contributed by atoms with Gasteiger partial charge in [0.15, 0.2) is 0 Å². The standard InChI is InChI=1S/C17H24N2O4/c1-17(2,3)23-16(21)19-10-6-7-13(19)11-22-12-15(20)14-8-4-5-9-18-14/h4-5,8-9,13H,6-7,10-12H2,1-3H3/t13-/m1/s1. The molecule has 1 aromatic heterocycles. The zero-order valence-electron chi connectivity index (χ0n) is 13.9. The Labute approximate surface area is 136 Å². The van der Waals surface area contributed by atoms with Gasteiger partial charge in [-0.25, -0.2) is 4.79 Å². The number of nitrogens with zero attached hydrogens (tertiary/aromatic N) is 2.